The van der Waals surface area contributed by atoms with Crippen molar-refractivity contribution >= 4 is 22.8 Å². The van der Waals surface area contributed by atoms with Gasteiger partial charge in [-0.25, -0.2) is 9.50 Å². The molecule has 1 aliphatic carbocycles. The first-order chi connectivity index (χ1) is 13.5. The van der Waals surface area contributed by atoms with Crippen molar-refractivity contribution in [1.82, 2.24) is 14.6 Å². The van der Waals surface area contributed by atoms with Crippen LogP contribution in [0.25, 0.3) is 5.65 Å². The van der Waals surface area contributed by atoms with Crippen LogP contribution in [0.3, 0.4) is 0 Å². The van der Waals surface area contributed by atoms with Crippen molar-refractivity contribution in [3.63, 3.8) is 0 Å². The Bertz CT molecular complexity index is 941. The van der Waals surface area contributed by atoms with Crippen LogP contribution in [0.1, 0.15) is 51.1 Å². The third kappa shape index (κ3) is 4.04. The lowest BCUT2D eigenvalue weighted by atomic mass is 9.85. The molecule has 1 fully saturated rings. The molecule has 5 N–H and O–H groups in total. The molecule has 2 heterocycles. The lowest BCUT2D eigenvalue weighted by Gasteiger charge is -2.24. The molecule has 0 amide bonds. The minimum Gasteiger partial charge on any atom is -0.491 e. The van der Waals surface area contributed by atoms with Crippen molar-refractivity contribution in [2.75, 3.05) is 11.1 Å². The Balaban J connectivity index is 1.59. The highest BCUT2D eigenvalue weighted by Gasteiger charge is 2.23. The van der Waals surface area contributed by atoms with E-state index in [2.05, 4.69) is 10.4 Å². The van der Waals surface area contributed by atoms with Gasteiger partial charge in [0.1, 0.15) is 11.6 Å². The quantitative estimate of drug-likeness (QED) is 0.621. The second kappa shape index (κ2) is 7.67. The normalized spacial score (nSPS) is 19.9. The summed E-state index contributed by atoms with van der Waals surface area (Å²) in [6, 6.07) is 10.0. The van der Waals surface area contributed by atoms with Crippen molar-refractivity contribution in [2.24, 2.45) is 5.73 Å². The van der Waals surface area contributed by atoms with Gasteiger partial charge >= 0.3 is 0 Å². The van der Waals surface area contributed by atoms with E-state index in [-0.39, 0.29) is 6.10 Å². The third-order valence-electron chi connectivity index (χ3n) is 5.16. The Morgan fingerprint density at radius 2 is 1.86 bits per heavy atom. The summed E-state index contributed by atoms with van der Waals surface area (Å²) in [7, 11) is 0. The lowest BCUT2D eigenvalue weighted by Crippen LogP contribution is -2.25. The zero-order valence-electron chi connectivity index (χ0n) is 16.4. The number of hydrogen-bond acceptors (Lipinski definition) is 6. The van der Waals surface area contributed by atoms with E-state index in [4.69, 9.17) is 21.2 Å². The number of fused-ring (bicyclic) bond motifs is 1. The monoisotopic (exact) mass is 380 g/mol. The van der Waals surface area contributed by atoms with E-state index in [1.54, 1.807) is 4.52 Å². The number of nitrogens with zero attached hydrogens (tertiary/aromatic N) is 3. The second-order valence-corrected chi connectivity index (χ2v) is 7.84. The SMILES string of the molecule is CC(C)Oc1ccc(Nc2cc(N)nn3cc(C4CCC(N)CC4)nc23)cc1. The van der Waals surface area contributed by atoms with Crippen LogP contribution in [0.15, 0.2) is 36.5 Å². The molecule has 2 aromatic heterocycles. The number of ether oxygens (including phenoxy) is 1. The second-order valence-electron chi connectivity index (χ2n) is 7.84. The molecule has 0 saturated heterocycles. The van der Waals surface area contributed by atoms with Gasteiger partial charge in [-0.15, -0.1) is 5.10 Å². The van der Waals surface area contributed by atoms with E-state index >= 15 is 0 Å². The average molecular weight is 380 g/mol. The average Bonchev–Trinajstić information content (AvgIpc) is 3.07. The van der Waals surface area contributed by atoms with Gasteiger partial charge in [-0.05, 0) is 63.8 Å². The molecule has 0 aliphatic heterocycles. The van der Waals surface area contributed by atoms with Crippen LogP contribution in [0.2, 0.25) is 0 Å². The van der Waals surface area contributed by atoms with E-state index in [0.29, 0.717) is 17.8 Å². The molecular formula is C21H28N6O. The molecule has 7 nitrogen and oxygen atoms in total. The van der Waals surface area contributed by atoms with Gasteiger partial charge in [0.25, 0.3) is 0 Å². The van der Waals surface area contributed by atoms with E-state index in [0.717, 1.165) is 54.1 Å². The number of rotatable bonds is 5. The molecule has 28 heavy (non-hydrogen) atoms. The number of nitrogens with one attached hydrogen (secondary N) is 1. The summed E-state index contributed by atoms with van der Waals surface area (Å²) < 4.78 is 7.48. The van der Waals surface area contributed by atoms with Gasteiger partial charge < -0.3 is 21.5 Å². The van der Waals surface area contributed by atoms with Crippen LogP contribution in [0.4, 0.5) is 17.2 Å². The molecule has 4 rings (SSSR count). The zero-order valence-corrected chi connectivity index (χ0v) is 16.4. The highest BCUT2D eigenvalue weighted by molar-refractivity contribution is 5.75. The summed E-state index contributed by atoms with van der Waals surface area (Å²) in [5.74, 6) is 1.73. The van der Waals surface area contributed by atoms with Crippen LogP contribution >= 0.6 is 0 Å². The van der Waals surface area contributed by atoms with E-state index < -0.39 is 0 Å². The first kappa shape index (κ1) is 18.6. The van der Waals surface area contributed by atoms with Crippen molar-refractivity contribution in [3.8, 4) is 5.75 Å². The Morgan fingerprint density at radius 3 is 2.54 bits per heavy atom. The maximum atomic E-state index is 6.04. The van der Waals surface area contributed by atoms with Crippen LogP contribution < -0.4 is 21.5 Å². The summed E-state index contributed by atoms with van der Waals surface area (Å²) >= 11 is 0. The van der Waals surface area contributed by atoms with Crippen molar-refractivity contribution in [3.05, 3.63) is 42.2 Å². The van der Waals surface area contributed by atoms with Gasteiger partial charge in [0.05, 0.1) is 23.7 Å². The topological polar surface area (TPSA) is 103 Å². The van der Waals surface area contributed by atoms with Gasteiger partial charge in [-0.2, -0.15) is 0 Å². The molecular weight excluding hydrogens is 352 g/mol. The number of aromatic nitrogens is 3. The Kier molecular flexibility index (Phi) is 5.09. The molecule has 0 unspecified atom stereocenters. The van der Waals surface area contributed by atoms with E-state index in [1.807, 2.05) is 50.4 Å². The highest BCUT2D eigenvalue weighted by atomic mass is 16.5. The molecule has 0 spiro atoms. The Labute approximate surface area is 165 Å². The number of benzene rings is 1. The molecule has 7 heteroatoms. The Hall–Kier alpha value is -2.80. The molecule has 0 radical (unpaired) electrons. The zero-order chi connectivity index (χ0) is 19.7. The van der Waals surface area contributed by atoms with Crippen LogP contribution in [-0.2, 0) is 0 Å². The summed E-state index contributed by atoms with van der Waals surface area (Å²) in [6.45, 7) is 4.02. The first-order valence-electron chi connectivity index (χ1n) is 9.93. The minimum absolute atomic E-state index is 0.149. The molecule has 3 aromatic rings. The molecule has 1 aromatic carbocycles. The van der Waals surface area contributed by atoms with Gasteiger partial charge in [-0.3, -0.25) is 0 Å². The van der Waals surface area contributed by atoms with Gasteiger partial charge in [0.15, 0.2) is 5.65 Å². The minimum atomic E-state index is 0.149. The standard InChI is InChI=1S/C21H28N6O/c1-13(2)28-17-9-7-16(8-10-17)24-18-11-20(23)26-27-12-19(25-21(18)27)14-3-5-15(22)6-4-14/h7-15,24H,3-6,22H2,1-2H3,(H2,23,26). The smallest absolute Gasteiger partial charge is 0.177 e. The molecule has 1 saturated carbocycles. The van der Waals surface area contributed by atoms with Gasteiger partial charge in [-0.1, -0.05) is 0 Å². The molecule has 0 atom stereocenters. The summed E-state index contributed by atoms with van der Waals surface area (Å²) in [5, 5.41) is 7.82. The fourth-order valence-electron chi connectivity index (χ4n) is 3.76. The molecule has 0 bridgehead atoms. The molecule has 1 aliphatic rings. The van der Waals surface area contributed by atoms with Gasteiger partial charge in [0.2, 0.25) is 0 Å². The number of nitrogens with two attached hydrogens (primary N) is 2. The predicted molar refractivity (Wildman–Crippen MR) is 112 cm³/mol. The summed E-state index contributed by atoms with van der Waals surface area (Å²) in [6.07, 6.45) is 6.38. The maximum absolute atomic E-state index is 6.04. The number of hydrogen-bond donors (Lipinski definition) is 3. The van der Waals surface area contributed by atoms with E-state index in [1.165, 1.54) is 0 Å². The highest BCUT2D eigenvalue weighted by Crippen LogP contribution is 2.33. The number of imidazole rings is 1. The molecule has 148 valence electrons. The Morgan fingerprint density at radius 1 is 1.14 bits per heavy atom. The largest absolute Gasteiger partial charge is 0.491 e. The number of nitrogen functional groups attached to an aromatic ring is 1. The fourth-order valence-corrected chi connectivity index (χ4v) is 3.76. The van der Waals surface area contributed by atoms with Crippen molar-refractivity contribution < 1.29 is 4.74 Å². The van der Waals surface area contributed by atoms with Crippen LogP contribution in [0, 0.1) is 0 Å². The van der Waals surface area contributed by atoms with Crippen LogP contribution in [-0.4, -0.2) is 26.7 Å². The van der Waals surface area contributed by atoms with Crippen molar-refractivity contribution in [1.29, 1.82) is 0 Å². The first-order valence-corrected chi connectivity index (χ1v) is 9.93. The van der Waals surface area contributed by atoms with Crippen molar-refractivity contribution in [2.45, 2.75) is 57.6 Å². The number of anilines is 3. The van der Waals surface area contributed by atoms with Gasteiger partial charge in [0, 0.05) is 23.7 Å². The summed E-state index contributed by atoms with van der Waals surface area (Å²) in [5.41, 5.74) is 15.7. The van der Waals surface area contributed by atoms with E-state index in [9.17, 15) is 0 Å². The predicted octanol–water partition coefficient (Wildman–Crippen LogP) is 3.83. The lowest BCUT2D eigenvalue weighted by molar-refractivity contribution is 0.242. The van der Waals surface area contributed by atoms with Crippen LogP contribution in [0.5, 0.6) is 5.75 Å². The maximum Gasteiger partial charge on any atom is 0.177 e. The fraction of sp³-hybridized carbons (Fsp3) is 0.429. The third-order valence-corrected chi connectivity index (χ3v) is 5.16. The summed E-state index contributed by atoms with van der Waals surface area (Å²) in [4.78, 5) is 4.87.